The van der Waals surface area contributed by atoms with Gasteiger partial charge in [-0.1, -0.05) is 37.5 Å². The highest BCUT2D eigenvalue weighted by Crippen LogP contribution is 2.49. The largest absolute Gasteiger partial charge is 0.326 e. The summed E-state index contributed by atoms with van der Waals surface area (Å²) < 4.78 is 0. The van der Waals surface area contributed by atoms with Gasteiger partial charge in [0.15, 0.2) is 0 Å². The van der Waals surface area contributed by atoms with Gasteiger partial charge in [0.1, 0.15) is 0 Å². The van der Waals surface area contributed by atoms with E-state index in [0.717, 1.165) is 18.4 Å². The summed E-state index contributed by atoms with van der Waals surface area (Å²) in [6.45, 7) is 4.28. The normalized spacial score (nSPS) is 21.7. The fraction of sp³-hybridized carbons (Fsp3) is 0.562. The van der Waals surface area contributed by atoms with Gasteiger partial charge in [-0.05, 0) is 38.3 Å². The van der Waals surface area contributed by atoms with Gasteiger partial charge in [0.2, 0.25) is 0 Å². The van der Waals surface area contributed by atoms with E-state index in [-0.39, 0.29) is 17.5 Å². The zero-order chi connectivity index (χ0) is 12.8. The van der Waals surface area contributed by atoms with Crippen molar-refractivity contribution in [2.45, 2.75) is 57.5 Å². The maximum Gasteiger partial charge on any atom is 0.255 e. The Morgan fingerprint density at radius 3 is 2.44 bits per heavy atom. The Morgan fingerprint density at radius 2 is 1.78 bits per heavy atom. The van der Waals surface area contributed by atoms with Gasteiger partial charge >= 0.3 is 0 Å². The van der Waals surface area contributed by atoms with Crippen LogP contribution >= 0.6 is 0 Å². The molecule has 2 aliphatic rings. The number of amides is 1. The van der Waals surface area contributed by atoms with Crippen LogP contribution in [-0.2, 0) is 5.54 Å². The molecule has 0 N–H and O–H groups in total. The monoisotopic (exact) mass is 243 g/mol. The first-order valence-corrected chi connectivity index (χ1v) is 7.10. The summed E-state index contributed by atoms with van der Waals surface area (Å²) in [5, 5.41) is 0. The third-order valence-electron chi connectivity index (χ3n) is 4.54. The fourth-order valence-corrected chi connectivity index (χ4v) is 3.90. The number of benzene rings is 1. The van der Waals surface area contributed by atoms with Crippen molar-refractivity contribution in [3.8, 4) is 0 Å². The Bertz CT molecular complexity index is 472. The van der Waals surface area contributed by atoms with Crippen LogP contribution in [0.2, 0.25) is 0 Å². The van der Waals surface area contributed by atoms with Crippen LogP contribution in [0.15, 0.2) is 24.3 Å². The maximum atomic E-state index is 12.6. The molecule has 0 radical (unpaired) electrons. The van der Waals surface area contributed by atoms with E-state index in [9.17, 15) is 4.79 Å². The number of carbonyl (C=O) groups is 1. The zero-order valence-corrected chi connectivity index (χ0v) is 11.3. The molecule has 1 aromatic rings. The van der Waals surface area contributed by atoms with Gasteiger partial charge in [0.25, 0.3) is 5.91 Å². The molecule has 1 aliphatic heterocycles. The lowest BCUT2D eigenvalue weighted by Gasteiger charge is -2.44. The third-order valence-corrected chi connectivity index (χ3v) is 4.54. The Kier molecular flexibility index (Phi) is 2.69. The molecular weight excluding hydrogens is 222 g/mol. The van der Waals surface area contributed by atoms with Crippen LogP contribution in [0, 0.1) is 0 Å². The number of carbonyl (C=O) groups excluding carboxylic acids is 1. The lowest BCUT2D eigenvalue weighted by molar-refractivity contribution is 0.0290. The minimum Gasteiger partial charge on any atom is -0.326 e. The van der Waals surface area contributed by atoms with Crippen molar-refractivity contribution in [1.29, 1.82) is 0 Å². The summed E-state index contributed by atoms with van der Waals surface area (Å²) >= 11 is 0. The van der Waals surface area contributed by atoms with Crippen molar-refractivity contribution in [3.05, 3.63) is 35.4 Å². The molecule has 2 heteroatoms. The van der Waals surface area contributed by atoms with E-state index < -0.39 is 0 Å². The first-order chi connectivity index (χ1) is 8.67. The molecule has 0 unspecified atom stereocenters. The molecule has 1 heterocycles. The van der Waals surface area contributed by atoms with Crippen LogP contribution in [-0.4, -0.2) is 16.8 Å². The van der Waals surface area contributed by atoms with Crippen molar-refractivity contribution in [1.82, 2.24) is 4.90 Å². The molecule has 96 valence electrons. The first-order valence-electron chi connectivity index (χ1n) is 7.10. The number of fused-ring (bicyclic) bond motifs is 2. The maximum absolute atomic E-state index is 12.6. The minimum absolute atomic E-state index is 0.0000926. The average Bonchev–Trinajstić information content (AvgIpc) is 2.61. The average molecular weight is 243 g/mol. The lowest BCUT2D eigenvalue weighted by atomic mass is 9.76. The second-order valence-corrected chi connectivity index (χ2v) is 5.91. The van der Waals surface area contributed by atoms with Crippen molar-refractivity contribution < 1.29 is 4.79 Å². The molecule has 1 aliphatic carbocycles. The molecule has 3 rings (SSSR count). The van der Waals surface area contributed by atoms with Gasteiger partial charge < -0.3 is 4.90 Å². The number of hydrogen-bond donors (Lipinski definition) is 0. The highest BCUT2D eigenvalue weighted by molar-refractivity contribution is 6.00. The third kappa shape index (κ3) is 1.44. The van der Waals surface area contributed by atoms with Crippen LogP contribution in [0.4, 0.5) is 0 Å². The molecule has 1 amide bonds. The quantitative estimate of drug-likeness (QED) is 0.736. The molecule has 0 atom stereocenters. The summed E-state index contributed by atoms with van der Waals surface area (Å²) in [6.07, 6.45) is 6.06. The van der Waals surface area contributed by atoms with E-state index in [1.807, 2.05) is 12.1 Å². The van der Waals surface area contributed by atoms with Gasteiger partial charge in [0.05, 0.1) is 5.54 Å². The van der Waals surface area contributed by atoms with Gasteiger partial charge in [-0.3, -0.25) is 4.79 Å². The van der Waals surface area contributed by atoms with Crippen LogP contribution in [0.3, 0.4) is 0 Å². The van der Waals surface area contributed by atoms with E-state index >= 15 is 0 Å². The zero-order valence-electron chi connectivity index (χ0n) is 11.3. The number of nitrogens with zero attached hydrogens (tertiary/aromatic N) is 1. The molecule has 1 aromatic carbocycles. The summed E-state index contributed by atoms with van der Waals surface area (Å²) in [6, 6.07) is 8.50. The Labute approximate surface area is 109 Å². The summed E-state index contributed by atoms with van der Waals surface area (Å²) in [7, 11) is 0. The van der Waals surface area contributed by atoms with Crippen LogP contribution < -0.4 is 0 Å². The van der Waals surface area contributed by atoms with Crippen LogP contribution in [0.1, 0.15) is 61.9 Å². The Hall–Kier alpha value is -1.31. The first kappa shape index (κ1) is 11.8. The topological polar surface area (TPSA) is 20.3 Å². The summed E-state index contributed by atoms with van der Waals surface area (Å²) in [4.78, 5) is 14.8. The molecule has 1 saturated carbocycles. The van der Waals surface area contributed by atoms with E-state index in [0.29, 0.717) is 0 Å². The molecule has 0 bridgehead atoms. The molecular formula is C16H21NO. The fourth-order valence-electron chi connectivity index (χ4n) is 3.90. The molecule has 1 fully saturated rings. The van der Waals surface area contributed by atoms with Crippen molar-refractivity contribution >= 4 is 5.91 Å². The number of hydrogen-bond acceptors (Lipinski definition) is 1. The smallest absolute Gasteiger partial charge is 0.255 e. The standard InChI is InChI=1S/C16H21NO/c1-12(2)17-15(18)13-8-4-5-9-14(13)16(17)10-6-3-7-11-16/h4-5,8-9,12H,3,6-7,10-11H2,1-2H3. The van der Waals surface area contributed by atoms with Crippen LogP contribution in [0.25, 0.3) is 0 Å². The van der Waals surface area contributed by atoms with Crippen molar-refractivity contribution in [2.75, 3.05) is 0 Å². The predicted octanol–water partition coefficient (Wildman–Crippen LogP) is 3.71. The van der Waals surface area contributed by atoms with Crippen molar-refractivity contribution in [3.63, 3.8) is 0 Å². The Morgan fingerprint density at radius 1 is 1.11 bits per heavy atom. The Balaban J connectivity index is 2.16. The second kappa shape index (κ2) is 4.11. The van der Waals surface area contributed by atoms with Gasteiger partial charge in [0, 0.05) is 11.6 Å². The molecule has 18 heavy (non-hydrogen) atoms. The highest BCUT2D eigenvalue weighted by atomic mass is 16.2. The highest BCUT2D eigenvalue weighted by Gasteiger charge is 2.50. The van der Waals surface area contributed by atoms with Gasteiger partial charge in [-0.2, -0.15) is 0 Å². The second-order valence-electron chi connectivity index (χ2n) is 5.91. The van der Waals surface area contributed by atoms with E-state index in [2.05, 4.69) is 30.9 Å². The molecule has 0 aromatic heterocycles. The SMILES string of the molecule is CC(C)N1C(=O)c2ccccc2C12CCCCC2. The predicted molar refractivity (Wildman–Crippen MR) is 72.5 cm³/mol. The summed E-state index contributed by atoms with van der Waals surface area (Å²) in [5.41, 5.74) is 2.22. The molecule has 0 saturated heterocycles. The van der Waals surface area contributed by atoms with Gasteiger partial charge in [-0.15, -0.1) is 0 Å². The lowest BCUT2D eigenvalue weighted by Crippen LogP contribution is -2.48. The minimum atomic E-state index is 0.0000926. The van der Waals surface area contributed by atoms with Crippen molar-refractivity contribution in [2.24, 2.45) is 0 Å². The van der Waals surface area contributed by atoms with E-state index in [1.54, 1.807) is 0 Å². The molecule has 2 nitrogen and oxygen atoms in total. The van der Waals surface area contributed by atoms with E-state index in [4.69, 9.17) is 0 Å². The van der Waals surface area contributed by atoms with Gasteiger partial charge in [-0.25, -0.2) is 0 Å². The van der Waals surface area contributed by atoms with Crippen LogP contribution in [0.5, 0.6) is 0 Å². The summed E-state index contributed by atoms with van der Waals surface area (Å²) in [5.74, 6) is 0.238. The molecule has 1 spiro atoms. The number of rotatable bonds is 1. The van der Waals surface area contributed by atoms with E-state index in [1.165, 1.54) is 24.8 Å².